The van der Waals surface area contributed by atoms with Crippen molar-refractivity contribution in [1.82, 2.24) is 0 Å². The van der Waals surface area contributed by atoms with Gasteiger partial charge in [0.25, 0.3) is 0 Å². The van der Waals surface area contributed by atoms with Crippen molar-refractivity contribution < 1.29 is 50.7 Å². The molecule has 0 radical (unpaired) electrons. The molecule has 4 rings (SSSR count). The van der Waals surface area contributed by atoms with Crippen molar-refractivity contribution in [2.75, 3.05) is 0 Å². The quantitative estimate of drug-likeness (QED) is 0.242. The van der Waals surface area contributed by atoms with Gasteiger partial charge in [-0.25, -0.2) is 0 Å². The number of benzene rings is 1. The summed E-state index contributed by atoms with van der Waals surface area (Å²) in [6.45, 7) is 2.24. The van der Waals surface area contributed by atoms with E-state index >= 15 is 0 Å². The summed E-state index contributed by atoms with van der Waals surface area (Å²) in [7, 11) is -1.68. The zero-order valence-electron chi connectivity index (χ0n) is 12.3. The first-order valence-corrected chi connectivity index (χ1v) is 10.3. The standard InChI is InChI=1S/C17H16ClSi.2ClH.Hf/c1-2-10-19(18)15-11-13-8-5-9-14(16(13)17(15)19)12-6-3-4-7-12;;;/h3-6,8-9,11H,2,7,10H2,1H3;2*1H;/q-1;;;/p-2. The number of allylic oxidation sites excluding steroid dienone is 4. The van der Waals surface area contributed by atoms with Crippen molar-refractivity contribution in [2.45, 2.75) is 25.8 Å². The van der Waals surface area contributed by atoms with Gasteiger partial charge in [-0.05, 0) is 18.0 Å². The van der Waals surface area contributed by atoms with Crippen LogP contribution in [0, 0.1) is 0 Å². The van der Waals surface area contributed by atoms with Crippen LogP contribution in [0.1, 0.15) is 25.3 Å². The molecule has 0 N–H and O–H groups in total. The molecule has 2 aliphatic rings. The van der Waals surface area contributed by atoms with Crippen LogP contribution in [0.15, 0.2) is 42.5 Å². The fourth-order valence-corrected chi connectivity index (χ4v) is 8.73. The molecule has 1 aliphatic carbocycles. The number of halogens is 3. The second kappa shape index (κ2) is 7.44. The van der Waals surface area contributed by atoms with Crippen molar-refractivity contribution in [2.24, 2.45) is 0 Å². The molecular formula is C17H16Cl3HfSi-3. The van der Waals surface area contributed by atoms with Gasteiger partial charge in [-0.3, -0.25) is 0 Å². The first kappa shape index (κ1) is 20.3. The fraction of sp³-hybridized carbons (Fsp3) is 0.235. The van der Waals surface area contributed by atoms with E-state index in [0.29, 0.717) is 0 Å². The zero-order chi connectivity index (χ0) is 13.0. The number of rotatable bonds is 3. The summed E-state index contributed by atoms with van der Waals surface area (Å²) in [5, 5.41) is 5.89. The summed E-state index contributed by atoms with van der Waals surface area (Å²) < 4.78 is 0. The molecular weight excluding hydrogens is 517 g/mol. The van der Waals surface area contributed by atoms with Gasteiger partial charge < -0.3 is 24.8 Å². The van der Waals surface area contributed by atoms with Crippen LogP contribution in [0.4, 0.5) is 0 Å². The van der Waals surface area contributed by atoms with Gasteiger partial charge in [-0.2, -0.15) is 11.1 Å². The average Bonchev–Trinajstić information content (AvgIpc) is 2.89. The van der Waals surface area contributed by atoms with Crippen molar-refractivity contribution in [1.29, 1.82) is 0 Å². The third-order valence-corrected chi connectivity index (χ3v) is 9.63. The Hall–Kier alpha value is 0.267. The van der Waals surface area contributed by atoms with Gasteiger partial charge in [0.05, 0.1) is 0 Å². The predicted molar refractivity (Wildman–Crippen MR) is 87.2 cm³/mol. The van der Waals surface area contributed by atoms with Crippen molar-refractivity contribution in [3.8, 4) is 0 Å². The molecule has 1 atom stereocenters. The number of hydrogen-bond acceptors (Lipinski definition) is 0. The van der Waals surface area contributed by atoms with E-state index < -0.39 is 7.38 Å². The maximum Gasteiger partial charge on any atom is 0.146 e. The molecule has 0 bridgehead atoms. The molecule has 116 valence electrons. The van der Waals surface area contributed by atoms with E-state index in [4.69, 9.17) is 11.1 Å². The minimum absolute atomic E-state index is 0. The monoisotopic (exact) mass is 533 g/mol. The van der Waals surface area contributed by atoms with Gasteiger partial charge in [-0.1, -0.05) is 43.2 Å². The van der Waals surface area contributed by atoms with Crippen molar-refractivity contribution >= 4 is 45.2 Å². The van der Waals surface area contributed by atoms with Gasteiger partial charge >= 0.3 is 0 Å². The van der Waals surface area contributed by atoms with Gasteiger partial charge in [0.15, 0.2) is 0 Å². The zero-order valence-corrected chi connectivity index (χ0v) is 19.2. The van der Waals surface area contributed by atoms with Gasteiger partial charge in [0.2, 0.25) is 0 Å². The Morgan fingerprint density at radius 1 is 1.27 bits per heavy atom. The van der Waals surface area contributed by atoms with Crippen LogP contribution in [0.3, 0.4) is 0 Å². The number of fused-ring (bicyclic) bond motifs is 3. The van der Waals surface area contributed by atoms with E-state index in [9.17, 15) is 0 Å². The third-order valence-electron chi connectivity index (χ3n) is 4.39. The molecule has 5 heteroatoms. The minimum atomic E-state index is -1.68. The molecule has 22 heavy (non-hydrogen) atoms. The summed E-state index contributed by atoms with van der Waals surface area (Å²) in [5.74, 6) is 0. The Labute approximate surface area is 168 Å². The van der Waals surface area contributed by atoms with E-state index in [1.54, 1.807) is 0 Å². The fourth-order valence-electron chi connectivity index (χ4n) is 3.48. The van der Waals surface area contributed by atoms with Crippen LogP contribution in [-0.2, 0) is 25.8 Å². The predicted octanol–water partition coefficient (Wildman–Crippen LogP) is -2.07. The Kier molecular flexibility index (Phi) is 6.87. The molecule has 0 saturated heterocycles. The molecule has 2 aromatic carbocycles. The molecule has 1 unspecified atom stereocenters. The van der Waals surface area contributed by atoms with E-state index in [1.807, 2.05) is 0 Å². The van der Waals surface area contributed by atoms with Crippen LogP contribution in [0.5, 0.6) is 0 Å². The Morgan fingerprint density at radius 2 is 2.05 bits per heavy atom. The van der Waals surface area contributed by atoms with Crippen LogP contribution < -0.4 is 35.2 Å². The summed E-state index contributed by atoms with van der Waals surface area (Å²) in [4.78, 5) is 0. The topological polar surface area (TPSA) is 0 Å². The molecule has 0 amide bonds. The normalized spacial score (nSPS) is 20.5. The molecule has 0 aromatic heterocycles. The second-order valence-corrected chi connectivity index (χ2v) is 10.7. The smallest absolute Gasteiger partial charge is 0.146 e. The SMILES string of the molecule is CCC[Si]1(Cl)c2[cH-]c3cccc(C4=CC=CC4)c3c21.[Cl-].[Cl-].[Hf]. The molecule has 1 heterocycles. The van der Waals surface area contributed by atoms with E-state index in [2.05, 4.69) is 49.4 Å². The third kappa shape index (κ3) is 2.86. The molecule has 0 fully saturated rings. The largest absolute Gasteiger partial charge is 1.00 e. The molecule has 0 saturated carbocycles. The Bertz CT molecular complexity index is 748. The molecule has 0 nitrogen and oxygen atoms in total. The molecule has 1 aliphatic heterocycles. The summed E-state index contributed by atoms with van der Waals surface area (Å²) in [6.07, 6.45) is 8.88. The van der Waals surface area contributed by atoms with Gasteiger partial charge in [-0.15, -0.1) is 39.3 Å². The van der Waals surface area contributed by atoms with Gasteiger partial charge in [0.1, 0.15) is 7.38 Å². The Morgan fingerprint density at radius 3 is 2.68 bits per heavy atom. The maximum atomic E-state index is 6.92. The second-order valence-electron chi connectivity index (χ2n) is 5.58. The number of hydrogen-bond donors (Lipinski definition) is 0. The Balaban J connectivity index is 0.000000807. The van der Waals surface area contributed by atoms with Crippen molar-refractivity contribution in [3.63, 3.8) is 0 Å². The van der Waals surface area contributed by atoms with E-state index in [-0.39, 0.29) is 50.7 Å². The minimum Gasteiger partial charge on any atom is -1.00 e. The molecule has 2 aromatic rings. The summed E-state index contributed by atoms with van der Waals surface area (Å²) in [6, 6.07) is 10.2. The first-order chi connectivity index (χ1) is 9.25. The van der Waals surface area contributed by atoms with Crippen LogP contribution in [0.25, 0.3) is 16.3 Å². The van der Waals surface area contributed by atoms with Crippen LogP contribution in [0.2, 0.25) is 6.04 Å². The summed E-state index contributed by atoms with van der Waals surface area (Å²) >= 11 is 6.92. The summed E-state index contributed by atoms with van der Waals surface area (Å²) in [5.41, 5.74) is 2.85. The first-order valence-electron chi connectivity index (χ1n) is 7.04. The molecule has 0 spiro atoms. The van der Waals surface area contributed by atoms with E-state index in [0.717, 1.165) is 6.42 Å². The average molecular weight is 533 g/mol. The van der Waals surface area contributed by atoms with Gasteiger partial charge in [0, 0.05) is 25.8 Å². The van der Waals surface area contributed by atoms with Crippen LogP contribution in [-0.4, -0.2) is 7.38 Å². The van der Waals surface area contributed by atoms with E-state index in [1.165, 1.54) is 44.7 Å². The van der Waals surface area contributed by atoms with Crippen molar-refractivity contribution in [3.05, 3.63) is 48.1 Å². The maximum absolute atomic E-state index is 6.92. The van der Waals surface area contributed by atoms with Crippen LogP contribution >= 0.6 is 11.1 Å².